The van der Waals surface area contributed by atoms with E-state index in [1.165, 1.54) is 7.11 Å². The van der Waals surface area contributed by atoms with E-state index in [4.69, 9.17) is 5.26 Å². The van der Waals surface area contributed by atoms with Crippen molar-refractivity contribution >= 4 is 5.97 Å². The van der Waals surface area contributed by atoms with Crippen molar-refractivity contribution in [3.05, 3.63) is 41.6 Å². The molecule has 0 amide bonds. The highest BCUT2D eigenvalue weighted by Gasteiger charge is 2.11. The van der Waals surface area contributed by atoms with Crippen LogP contribution in [0, 0.1) is 11.3 Å². The molecule has 0 saturated carbocycles. The van der Waals surface area contributed by atoms with E-state index >= 15 is 0 Å². The van der Waals surface area contributed by atoms with Gasteiger partial charge in [-0.05, 0) is 12.1 Å². The molecule has 90 valence electrons. The van der Waals surface area contributed by atoms with Gasteiger partial charge in [-0.3, -0.25) is 4.68 Å². The fraction of sp³-hybridized carbons (Fsp3) is 0.154. The zero-order valence-electron chi connectivity index (χ0n) is 10.0. The first-order chi connectivity index (χ1) is 8.65. The van der Waals surface area contributed by atoms with E-state index in [9.17, 15) is 4.79 Å². The highest BCUT2D eigenvalue weighted by atomic mass is 16.5. The van der Waals surface area contributed by atoms with Crippen molar-refractivity contribution in [2.45, 2.75) is 0 Å². The Morgan fingerprint density at radius 1 is 1.39 bits per heavy atom. The Hall–Kier alpha value is -2.61. The molecule has 0 spiro atoms. The van der Waals surface area contributed by atoms with Crippen molar-refractivity contribution in [1.29, 1.82) is 5.26 Å². The molecule has 1 aromatic carbocycles. The summed E-state index contributed by atoms with van der Waals surface area (Å²) in [5.41, 5.74) is 2.37. The SMILES string of the molecule is COC(=O)c1ccc(-c2nn(C)cc2C#N)cc1. The first-order valence-corrected chi connectivity index (χ1v) is 5.28. The summed E-state index contributed by atoms with van der Waals surface area (Å²) < 4.78 is 6.21. The number of nitriles is 1. The lowest BCUT2D eigenvalue weighted by Gasteiger charge is -2.01. The van der Waals surface area contributed by atoms with Crippen molar-refractivity contribution in [1.82, 2.24) is 9.78 Å². The largest absolute Gasteiger partial charge is 0.465 e. The van der Waals surface area contributed by atoms with Crippen LogP contribution < -0.4 is 0 Å². The van der Waals surface area contributed by atoms with E-state index in [1.807, 2.05) is 0 Å². The summed E-state index contributed by atoms with van der Waals surface area (Å²) in [7, 11) is 3.09. The van der Waals surface area contributed by atoms with E-state index in [0.29, 0.717) is 16.8 Å². The second kappa shape index (κ2) is 4.72. The monoisotopic (exact) mass is 241 g/mol. The molecule has 0 aliphatic rings. The number of carbonyl (C=O) groups is 1. The van der Waals surface area contributed by atoms with Crippen LogP contribution in [0.5, 0.6) is 0 Å². The van der Waals surface area contributed by atoms with Gasteiger partial charge < -0.3 is 4.74 Å². The fourth-order valence-corrected chi connectivity index (χ4v) is 1.67. The van der Waals surface area contributed by atoms with Crippen LogP contribution in [0.15, 0.2) is 30.5 Å². The molecule has 0 aliphatic carbocycles. The standard InChI is InChI=1S/C13H11N3O2/c1-16-8-11(7-14)12(15-16)9-3-5-10(6-4-9)13(17)18-2/h3-6,8H,1-2H3. The van der Waals surface area contributed by atoms with Crippen LogP contribution in [0.3, 0.4) is 0 Å². The van der Waals surface area contributed by atoms with Gasteiger partial charge in [0.2, 0.25) is 0 Å². The molecule has 2 rings (SSSR count). The predicted octanol–water partition coefficient (Wildman–Crippen LogP) is 1.75. The number of rotatable bonds is 2. The molecule has 1 heterocycles. The maximum absolute atomic E-state index is 11.3. The average Bonchev–Trinajstić information content (AvgIpc) is 2.79. The zero-order chi connectivity index (χ0) is 13.1. The number of carbonyl (C=O) groups excluding carboxylic acids is 1. The van der Waals surface area contributed by atoms with E-state index in [-0.39, 0.29) is 5.97 Å². The van der Waals surface area contributed by atoms with Crippen LogP contribution in [0.2, 0.25) is 0 Å². The van der Waals surface area contributed by atoms with E-state index in [2.05, 4.69) is 15.9 Å². The minimum absolute atomic E-state index is 0.386. The number of nitrogens with zero attached hydrogens (tertiary/aromatic N) is 3. The number of methoxy groups -OCH3 is 1. The summed E-state index contributed by atoms with van der Waals surface area (Å²) in [6, 6.07) is 8.88. The topological polar surface area (TPSA) is 67.9 Å². The van der Waals surface area contributed by atoms with Gasteiger partial charge in [-0.1, -0.05) is 12.1 Å². The number of benzene rings is 1. The Kier molecular flexibility index (Phi) is 3.11. The molecule has 0 radical (unpaired) electrons. The third-order valence-electron chi connectivity index (χ3n) is 2.53. The Morgan fingerprint density at radius 3 is 2.61 bits per heavy atom. The second-order valence-electron chi connectivity index (χ2n) is 3.75. The Balaban J connectivity index is 2.40. The van der Waals surface area contributed by atoms with Gasteiger partial charge in [0.15, 0.2) is 0 Å². The lowest BCUT2D eigenvalue weighted by molar-refractivity contribution is 0.0601. The Labute approximate surface area is 104 Å². The summed E-state index contributed by atoms with van der Waals surface area (Å²) in [5, 5.41) is 13.2. The maximum atomic E-state index is 11.3. The highest BCUT2D eigenvalue weighted by molar-refractivity contribution is 5.90. The number of hydrogen-bond acceptors (Lipinski definition) is 4. The van der Waals surface area contributed by atoms with Crippen molar-refractivity contribution in [2.75, 3.05) is 7.11 Å². The summed E-state index contributed by atoms with van der Waals surface area (Å²) >= 11 is 0. The van der Waals surface area contributed by atoms with Crippen molar-refractivity contribution in [3.63, 3.8) is 0 Å². The van der Waals surface area contributed by atoms with Crippen LogP contribution in [0.25, 0.3) is 11.3 Å². The summed E-state index contributed by atoms with van der Waals surface area (Å²) in [6.07, 6.45) is 1.66. The van der Waals surface area contributed by atoms with Crippen LogP contribution >= 0.6 is 0 Å². The fourth-order valence-electron chi connectivity index (χ4n) is 1.67. The van der Waals surface area contributed by atoms with E-state index < -0.39 is 0 Å². The number of aromatic nitrogens is 2. The molecular formula is C13H11N3O2. The summed E-state index contributed by atoms with van der Waals surface area (Å²) in [5.74, 6) is -0.386. The molecule has 5 nitrogen and oxygen atoms in total. The third-order valence-corrected chi connectivity index (χ3v) is 2.53. The smallest absolute Gasteiger partial charge is 0.337 e. The maximum Gasteiger partial charge on any atom is 0.337 e. The van der Waals surface area contributed by atoms with Crippen LogP contribution in [-0.2, 0) is 11.8 Å². The molecular weight excluding hydrogens is 230 g/mol. The highest BCUT2D eigenvalue weighted by Crippen LogP contribution is 2.21. The summed E-state index contributed by atoms with van der Waals surface area (Å²) in [6.45, 7) is 0. The molecule has 0 fully saturated rings. The minimum atomic E-state index is -0.386. The molecule has 0 bridgehead atoms. The molecule has 0 aliphatic heterocycles. The summed E-state index contributed by atoms with van der Waals surface area (Å²) in [4.78, 5) is 11.3. The number of esters is 1. The molecule has 1 aromatic heterocycles. The van der Waals surface area contributed by atoms with Gasteiger partial charge in [0.1, 0.15) is 11.8 Å². The number of hydrogen-bond donors (Lipinski definition) is 0. The normalized spacial score (nSPS) is 9.83. The van der Waals surface area contributed by atoms with Gasteiger partial charge >= 0.3 is 5.97 Å². The first kappa shape index (κ1) is 11.9. The lowest BCUT2D eigenvalue weighted by Crippen LogP contribution is -2.00. The van der Waals surface area contributed by atoms with Gasteiger partial charge in [0.25, 0.3) is 0 Å². The Morgan fingerprint density at radius 2 is 2.06 bits per heavy atom. The van der Waals surface area contributed by atoms with Gasteiger partial charge in [0, 0.05) is 18.8 Å². The van der Waals surface area contributed by atoms with Crippen LogP contribution in [0.1, 0.15) is 15.9 Å². The van der Waals surface area contributed by atoms with Gasteiger partial charge in [-0.15, -0.1) is 0 Å². The van der Waals surface area contributed by atoms with Crippen LogP contribution in [0.4, 0.5) is 0 Å². The average molecular weight is 241 g/mol. The van der Waals surface area contributed by atoms with Gasteiger partial charge in [-0.25, -0.2) is 4.79 Å². The quantitative estimate of drug-likeness (QED) is 0.751. The van der Waals surface area contributed by atoms with Crippen molar-refractivity contribution in [2.24, 2.45) is 7.05 Å². The molecule has 2 aromatic rings. The number of ether oxygens (including phenoxy) is 1. The molecule has 0 atom stereocenters. The third kappa shape index (κ3) is 2.09. The number of aryl methyl sites for hydroxylation is 1. The predicted molar refractivity (Wildman–Crippen MR) is 64.7 cm³/mol. The van der Waals surface area contributed by atoms with E-state index in [0.717, 1.165) is 5.56 Å². The van der Waals surface area contributed by atoms with Crippen molar-refractivity contribution < 1.29 is 9.53 Å². The second-order valence-corrected chi connectivity index (χ2v) is 3.75. The minimum Gasteiger partial charge on any atom is -0.465 e. The molecule has 0 saturated heterocycles. The van der Waals surface area contributed by atoms with E-state index in [1.54, 1.807) is 42.2 Å². The van der Waals surface area contributed by atoms with Gasteiger partial charge in [0.05, 0.1) is 18.2 Å². The molecule has 18 heavy (non-hydrogen) atoms. The van der Waals surface area contributed by atoms with Crippen molar-refractivity contribution in [3.8, 4) is 17.3 Å². The lowest BCUT2D eigenvalue weighted by atomic mass is 10.1. The molecule has 0 unspecified atom stereocenters. The molecule has 5 heteroatoms. The molecule has 0 N–H and O–H groups in total. The van der Waals surface area contributed by atoms with Gasteiger partial charge in [-0.2, -0.15) is 10.4 Å². The first-order valence-electron chi connectivity index (χ1n) is 5.28. The zero-order valence-corrected chi connectivity index (χ0v) is 10.0. The Bertz CT molecular complexity index is 621. The van der Waals surface area contributed by atoms with Crippen LogP contribution in [-0.4, -0.2) is 22.9 Å².